The fraction of sp³-hybridized carbons (Fsp3) is 0.333. The van der Waals surface area contributed by atoms with Crippen LogP contribution in [0, 0.1) is 0 Å². The van der Waals surface area contributed by atoms with Gasteiger partial charge in [-0.15, -0.1) is 0 Å². The van der Waals surface area contributed by atoms with Crippen molar-refractivity contribution in [1.29, 1.82) is 0 Å². The van der Waals surface area contributed by atoms with Gasteiger partial charge in [-0.3, -0.25) is 4.90 Å². The number of aryl methyl sites for hydroxylation is 2. The largest absolute Gasteiger partial charge is 0.497 e. The quantitative estimate of drug-likeness (QED) is 0.633. The number of hydrogen-bond donors (Lipinski definition) is 0. The Morgan fingerprint density at radius 1 is 0.926 bits per heavy atom. The molecular weight excluding hydrogens is 332 g/mol. The summed E-state index contributed by atoms with van der Waals surface area (Å²) in [4.78, 5) is 2.61. The van der Waals surface area contributed by atoms with Crippen molar-refractivity contribution in [2.45, 2.75) is 38.9 Å². The molecule has 0 N–H and O–H groups in total. The molecular formula is C24H28N2O. The lowest BCUT2D eigenvalue weighted by atomic mass is 9.99. The molecule has 3 heteroatoms. The third-order valence-corrected chi connectivity index (χ3v) is 5.60. The van der Waals surface area contributed by atoms with Crippen LogP contribution < -0.4 is 4.74 Å². The minimum atomic E-state index is 0.288. The van der Waals surface area contributed by atoms with Gasteiger partial charge in [0, 0.05) is 31.5 Å². The molecule has 1 aromatic heterocycles. The van der Waals surface area contributed by atoms with Crippen molar-refractivity contribution in [1.82, 2.24) is 9.47 Å². The maximum absolute atomic E-state index is 5.31. The lowest BCUT2D eigenvalue weighted by molar-refractivity contribution is 0.220. The summed E-state index contributed by atoms with van der Waals surface area (Å²) in [6.45, 7) is 5.33. The number of benzene rings is 2. The van der Waals surface area contributed by atoms with E-state index < -0.39 is 0 Å². The van der Waals surface area contributed by atoms with Gasteiger partial charge in [-0.25, -0.2) is 0 Å². The van der Waals surface area contributed by atoms with Crippen LogP contribution in [0.1, 0.15) is 41.8 Å². The lowest BCUT2D eigenvalue weighted by Crippen LogP contribution is -2.29. The summed E-state index contributed by atoms with van der Waals surface area (Å²) in [6.07, 6.45) is 4.47. The molecule has 1 aliphatic rings. The third-order valence-electron chi connectivity index (χ3n) is 5.60. The topological polar surface area (TPSA) is 17.4 Å². The van der Waals surface area contributed by atoms with Crippen LogP contribution in [0.15, 0.2) is 66.9 Å². The van der Waals surface area contributed by atoms with Crippen LogP contribution in [0.2, 0.25) is 0 Å². The average molecular weight is 361 g/mol. The second-order valence-electron chi connectivity index (χ2n) is 7.30. The Hall–Kier alpha value is -2.52. The number of fused-ring (bicyclic) bond motifs is 1. The van der Waals surface area contributed by atoms with E-state index in [-0.39, 0.29) is 6.04 Å². The fourth-order valence-corrected chi connectivity index (χ4v) is 4.09. The number of rotatable bonds is 5. The molecule has 4 rings (SSSR count). The Labute approximate surface area is 162 Å². The Balaban J connectivity index is 1.68. The van der Waals surface area contributed by atoms with Crippen molar-refractivity contribution < 1.29 is 4.74 Å². The molecule has 0 spiro atoms. The highest BCUT2D eigenvalue weighted by atomic mass is 16.5. The molecule has 3 aromatic rings. The van der Waals surface area contributed by atoms with Crippen molar-refractivity contribution in [3.63, 3.8) is 0 Å². The number of hydrogen-bond acceptors (Lipinski definition) is 2. The smallest absolute Gasteiger partial charge is 0.118 e. The van der Waals surface area contributed by atoms with E-state index in [0.717, 1.165) is 31.8 Å². The first kappa shape index (κ1) is 17.9. The summed E-state index contributed by atoms with van der Waals surface area (Å²) in [7, 11) is 1.72. The zero-order chi connectivity index (χ0) is 18.6. The monoisotopic (exact) mass is 360 g/mol. The Bertz CT molecular complexity index is 864. The van der Waals surface area contributed by atoms with E-state index in [2.05, 4.69) is 83.3 Å². The fourth-order valence-electron chi connectivity index (χ4n) is 4.09. The second kappa shape index (κ2) is 8.01. The first-order valence-electron chi connectivity index (χ1n) is 9.89. The molecule has 1 aliphatic heterocycles. The van der Waals surface area contributed by atoms with E-state index in [9.17, 15) is 0 Å². The minimum absolute atomic E-state index is 0.288. The maximum atomic E-state index is 5.31. The first-order chi connectivity index (χ1) is 13.3. The van der Waals surface area contributed by atoms with E-state index in [1.807, 2.05) is 0 Å². The van der Waals surface area contributed by atoms with E-state index in [4.69, 9.17) is 4.74 Å². The zero-order valence-electron chi connectivity index (χ0n) is 16.3. The molecule has 2 heterocycles. The molecule has 0 aliphatic carbocycles. The summed E-state index contributed by atoms with van der Waals surface area (Å²) in [6, 6.07) is 22.4. The molecule has 0 saturated heterocycles. The third kappa shape index (κ3) is 3.79. The van der Waals surface area contributed by atoms with Crippen molar-refractivity contribution in [3.05, 3.63) is 89.2 Å². The van der Waals surface area contributed by atoms with Gasteiger partial charge in [0.1, 0.15) is 5.75 Å². The van der Waals surface area contributed by atoms with E-state index in [0.29, 0.717) is 0 Å². The Morgan fingerprint density at radius 2 is 1.67 bits per heavy atom. The molecule has 0 saturated carbocycles. The van der Waals surface area contributed by atoms with Crippen LogP contribution >= 0.6 is 0 Å². The predicted molar refractivity (Wildman–Crippen MR) is 110 cm³/mol. The van der Waals surface area contributed by atoms with Gasteiger partial charge in [-0.05, 0) is 53.8 Å². The molecule has 0 fully saturated rings. The number of aromatic nitrogens is 1. The lowest BCUT2D eigenvalue weighted by Gasteiger charge is -2.31. The van der Waals surface area contributed by atoms with Crippen LogP contribution in [-0.4, -0.2) is 23.1 Å². The van der Waals surface area contributed by atoms with Gasteiger partial charge in [-0.1, -0.05) is 43.3 Å². The van der Waals surface area contributed by atoms with Crippen LogP contribution in [0.5, 0.6) is 5.75 Å². The summed E-state index contributed by atoms with van der Waals surface area (Å²) >= 11 is 0. The predicted octanol–water partition coefficient (Wildman–Crippen LogP) is 5.05. The highest BCUT2D eigenvalue weighted by Crippen LogP contribution is 2.33. The van der Waals surface area contributed by atoms with Gasteiger partial charge in [0.05, 0.1) is 13.2 Å². The van der Waals surface area contributed by atoms with Crippen LogP contribution in [0.25, 0.3) is 0 Å². The van der Waals surface area contributed by atoms with Crippen LogP contribution in [0.4, 0.5) is 0 Å². The van der Waals surface area contributed by atoms with Crippen molar-refractivity contribution in [2.75, 3.05) is 13.7 Å². The molecule has 0 radical (unpaired) electrons. The molecule has 0 amide bonds. The Kier molecular flexibility index (Phi) is 5.30. The summed E-state index contributed by atoms with van der Waals surface area (Å²) < 4.78 is 7.73. The second-order valence-corrected chi connectivity index (χ2v) is 7.30. The van der Waals surface area contributed by atoms with E-state index in [1.165, 1.54) is 28.8 Å². The summed E-state index contributed by atoms with van der Waals surface area (Å²) in [5.41, 5.74) is 5.49. The molecule has 3 nitrogen and oxygen atoms in total. The van der Waals surface area contributed by atoms with E-state index in [1.54, 1.807) is 7.11 Å². The number of methoxy groups -OCH3 is 1. The highest BCUT2D eigenvalue weighted by molar-refractivity contribution is 5.33. The summed E-state index contributed by atoms with van der Waals surface area (Å²) in [5, 5.41) is 0. The van der Waals surface area contributed by atoms with Gasteiger partial charge in [-0.2, -0.15) is 0 Å². The molecule has 0 bridgehead atoms. The maximum Gasteiger partial charge on any atom is 0.118 e. The van der Waals surface area contributed by atoms with Gasteiger partial charge in [0.25, 0.3) is 0 Å². The molecule has 1 unspecified atom stereocenters. The van der Waals surface area contributed by atoms with Gasteiger partial charge in [0.2, 0.25) is 0 Å². The van der Waals surface area contributed by atoms with Crippen LogP contribution in [-0.2, 0) is 19.5 Å². The molecule has 27 heavy (non-hydrogen) atoms. The minimum Gasteiger partial charge on any atom is -0.497 e. The average Bonchev–Trinajstić information content (AvgIpc) is 3.10. The molecule has 1 atom stereocenters. The van der Waals surface area contributed by atoms with E-state index >= 15 is 0 Å². The van der Waals surface area contributed by atoms with Gasteiger partial charge < -0.3 is 9.30 Å². The van der Waals surface area contributed by atoms with Crippen molar-refractivity contribution in [3.8, 4) is 5.75 Å². The van der Waals surface area contributed by atoms with Gasteiger partial charge in [0.15, 0.2) is 0 Å². The van der Waals surface area contributed by atoms with Crippen LogP contribution in [0.3, 0.4) is 0 Å². The molecule has 2 aromatic carbocycles. The first-order valence-corrected chi connectivity index (χ1v) is 9.89. The summed E-state index contributed by atoms with van der Waals surface area (Å²) in [5.74, 6) is 0.912. The number of ether oxygens (including phenoxy) is 1. The molecule has 140 valence electrons. The zero-order valence-corrected chi connectivity index (χ0v) is 16.3. The SMILES string of the molecule is CCc1ccc(C2c3cccn3CCCN2Cc2ccc(OC)cc2)cc1. The normalized spacial score (nSPS) is 17.3. The highest BCUT2D eigenvalue weighted by Gasteiger charge is 2.27. The number of nitrogens with zero attached hydrogens (tertiary/aromatic N) is 2. The standard InChI is InChI=1S/C24H28N2O/c1-3-19-7-11-21(12-8-19)24-23-6-4-15-25(23)16-5-17-26(24)18-20-9-13-22(27-2)14-10-20/h4,6-15,24H,3,5,16-18H2,1-2H3. The van der Waals surface area contributed by atoms with Crippen molar-refractivity contribution in [2.24, 2.45) is 0 Å². The van der Waals surface area contributed by atoms with Crippen molar-refractivity contribution >= 4 is 0 Å². The Morgan fingerprint density at radius 3 is 2.37 bits per heavy atom. The van der Waals surface area contributed by atoms with Gasteiger partial charge >= 0.3 is 0 Å².